The van der Waals surface area contributed by atoms with Crippen molar-refractivity contribution < 1.29 is 147 Å². The molecule has 5 aliphatic rings. The average molecular weight is 1150 g/mol. The summed E-state index contributed by atoms with van der Waals surface area (Å²) in [5.74, 6) is -4.70. The van der Waals surface area contributed by atoms with Gasteiger partial charge in [0.05, 0.1) is 30.3 Å². The Morgan fingerprint density at radius 2 is 1.59 bits per heavy atom. The summed E-state index contributed by atoms with van der Waals surface area (Å²) < 4.78 is 17.4. The number of esters is 2. The normalized spacial score (nSPS) is 38.8. The molecule has 282 valence electrons. The Kier molecular flexibility index (Phi) is 14.5. The molecule has 0 aromatic carbocycles. The first-order chi connectivity index (χ1) is 22.5. The largest absolute Gasteiger partial charge is 0.459 e. The third-order valence-corrected chi connectivity index (χ3v) is 12.6. The summed E-state index contributed by atoms with van der Waals surface area (Å²) in [5.41, 5.74) is -7.92. The molecule has 13 nitrogen and oxygen atoms in total. The number of rotatable bonds is 6. The first-order valence-electron chi connectivity index (χ1n) is 17.6. The number of fused-ring (bicyclic) bond motifs is 5. The Morgan fingerprint density at radius 3 is 2.10 bits per heavy atom. The van der Waals surface area contributed by atoms with Gasteiger partial charge < -0.3 is 45.1 Å². The maximum Gasteiger partial charge on any atom is 0.337 e. The van der Waals surface area contributed by atoms with Crippen LogP contribution in [0, 0.1) is 116 Å². The molecule has 0 spiro atoms. The molecule has 4 fully saturated rings. The second kappa shape index (κ2) is 16.1. The van der Waals surface area contributed by atoms with Gasteiger partial charge in [-0.3, -0.25) is 14.4 Å². The van der Waals surface area contributed by atoms with E-state index in [0.717, 1.165) is 26.2 Å². The van der Waals surface area contributed by atoms with E-state index in [1.54, 1.807) is 41.5 Å². The summed E-state index contributed by atoms with van der Waals surface area (Å²) in [6, 6.07) is -0.948. The van der Waals surface area contributed by atoms with Gasteiger partial charge in [-0.25, -0.2) is 4.79 Å². The molecule has 15 heteroatoms. The van der Waals surface area contributed by atoms with Crippen molar-refractivity contribution in [1.82, 2.24) is 5.32 Å². The molecular formula is C36H55Ac2NO12. The second-order valence-corrected chi connectivity index (χ2v) is 17.0. The van der Waals surface area contributed by atoms with Gasteiger partial charge in [0.2, 0.25) is 5.91 Å². The zero-order valence-corrected chi connectivity index (χ0v) is 40.6. The quantitative estimate of drug-likeness (QED) is 0.164. The third-order valence-electron chi connectivity index (χ3n) is 12.6. The molecule has 4 aliphatic carbocycles. The van der Waals surface area contributed by atoms with Gasteiger partial charge in [-0.05, 0) is 43.8 Å². The third kappa shape index (κ3) is 7.65. The standard InChI is InChI=1S/C36H55NO12.2Ac/c1-17-20(49-30(43)26(41)24(19-12-10-9-11-13-19)37-31(44)32(3,4)5)15-36(46)29(48-18(2)38)27-34(8,21(39)14-22-35(27,45)16-47-22)28(42)25(40)23(17)33(36,6)7;;/h19-22,24-27,29,39-41,45-46H,9-16H2,1-8H3,(H,37,44);;/t20-,21-,22+,24-,25+,26+,27-,29-,34+,35-,36+;;/m0../s1. The van der Waals surface area contributed by atoms with Crippen molar-refractivity contribution in [2.24, 2.45) is 28.1 Å². The first-order valence-corrected chi connectivity index (χ1v) is 17.6. The molecule has 0 aromatic rings. The van der Waals surface area contributed by atoms with Gasteiger partial charge in [0.1, 0.15) is 29.5 Å². The van der Waals surface area contributed by atoms with E-state index < -0.39 is 100 Å². The van der Waals surface area contributed by atoms with Gasteiger partial charge in [0.15, 0.2) is 11.9 Å². The van der Waals surface area contributed by atoms with E-state index in [2.05, 4.69) is 5.32 Å². The summed E-state index contributed by atoms with van der Waals surface area (Å²) >= 11 is 0. The zero-order chi connectivity index (χ0) is 36.6. The first kappa shape index (κ1) is 45.8. The van der Waals surface area contributed by atoms with Crippen LogP contribution >= 0.6 is 0 Å². The fourth-order valence-corrected chi connectivity index (χ4v) is 9.47. The number of carbonyl (C=O) groups is 4. The van der Waals surface area contributed by atoms with Crippen LogP contribution in [-0.4, -0.2) is 110 Å². The van der Waals surface area contributed by atoms with Crippen LogP contribution < -0.4 is 5.32 Å². The number of amides is 1. The molecule has 1 heterocycles. The molecule has 11 atom stereocenters. The van der Waals surface area contributed by atoms with Gasteiger partial charge in [-0.1, -0.05) is 53.9 Å². The van der Waals surface area contributed by atoms with E-state index in [-0.39, 0.29) is 124 Å². The monoisotopic (exact) mass is 1150 g/mol. The van der Waals surface area contributed by atoms with Gasteiger partial charge in [0.25, 0.3) is 0 Å². The zero-order valence-electron chi connectivity index (χ0n) is 31.1. The predicted octanol–water partition coefficient (Wildman–Crippen LogP) is 1.24. The Bertz CT molecular complexity index is 1410. The van der Waals surface area contributed by atoms with Crippen LogP contribution in [0.2, 0.25) is 0 Å². The molecule has 0 aromatic heterocycles. The molecule has 1 aliphatic heterocycles. The smallest absolute Gasteiger partial charge is 0.337 e. The molecule has 51 heavy (non-hydrogen) atoms. The molecular weight excluding hydrogens is 1090 g/mol. The molecule has 6 N–H and O–H groups in total. The van der Waals surface area contributed by atoms with Crippen LogP contribution in [0.15, 0.2) is 11.1 Å². The Labute approximate surface area is 371 Å². The summed E-state index contributed by atoms with van der Waals surface area (Å²) in [6.07, 6.45) is -5.39. The summed E-state index contributed by atoms with van der Waals surface area (Å²) in [6.45, 7) is 12.1. The maximum atomic E-state index is 14.4. The topological polar surface area (TPSA) is 209 Å². The SMILES string of the molecule is CC(=O)O[C@H]1[C@@H]2[C@]3(O)CO[C@@H]3C[C@H](O)[C@@]2(C)C(=O)[C@H](O)C2=C(C)[C@@H](OC(=O)[C@H](O)[C@@H](NC(=O)C(C)(C)C)C3CCCCC3)C[C@]1(O)C2(C)C.[Ac].[Ac]. The second-order valence-electron chi connectivity index (χ2n) is 17.0. The maximum absolute atomic E-state index is 14.4. The van der Waals surface area contributed by atoms with Gasteiger partial charge >= 0.3 is 11.9 Å². The minimum atomic E-state index is -2.19. The van der Waals surface area contributed by atoms with Crippen LogP contribution in [0.1, 0.15) is 100 Å². The van der Waals surface area contributed by atoms with E-state index in [1.807, 2.05) is 0 Å². The molecule has 2 bridgehead atoms. The van der Waals surface area contributed by atoms with E-state index in [9.17, 15) is 44.7 Å². The van der Waals surface area contributed by atoms with Crippen molar-refractivity contribution in [2.45, 2.75) is 154 Å². The van der Waals surface area contributed by atoms with Crippen LogP contribution in [0.3, 0.4) is 0 Å². The van der Waals surface area contributed by atoms with E-state index >= 15 is 0 Å². The van der Waals surface area contributed by atoms with Crippen molar-refractivity contribution in [3.05, 3.63) is 11.1 Å². The fraction of sp³-hybridized carbons (Fsp3) is 0.833. The number of Topliss-reactive ketones (excluding diaryl/α,β-unsaturated/α-hetero) is 1. The van der Waals surface area contributed by atoms with Gasteiger partial charge in [-0.2, -0.15) is 0 Å². The fourth-order valence-electron chi connectivity index (χ4n) is 9.47. The summed E-state index contributed by atoms with van der Waals surface area (Å²) in [4.78, 5) is 54.1. The summed E-state index contributed by atoms with van der Waals surface area (Å²) in [5, 5.41) is 62.6. The van der Waals surface area contributed by atoms with Crippen molar-refractivity contribution in [2.75, 3.05) is 6.61 Å². The van der Waals surface area contributed by atoms with Gasteiger partial charge in [0, 0.05) is 125 Å². The average Bonchev–Trinajstić information content (AvgIpc) is 3.01. The number of hydrogen-bond donors (Lipinski definition) is 6. The Hall–Kier alpha value is 0.463. The van der Waals surface area contributed by atoms with Crippen LogP contribution in [0.25, 0.3) is 0 Å². The number of aliphatic hydroxyl groups is 5. The molecule has 5 rings (SSSR count). The van der Waals surface area contributed by atoms with Crippen LogP contribution in [0.5, 0.6) is 0 Å². The molecule has 1 saturated heterocycles. The van der Waals surface area contributed by atoms with Crippen molar-refractivity contribution >= 4 is 23.6 Å². The number of carbonyl (C=O) groups excluding carboxylic acids is 4. The number of ether oxygens (including phenoxy) is 3. The van der Waals surface area contributed by atoms with E-state index in [4.69, 9.17) is 14.2 Å². The van der Waals surface area contributed by atoms with Crippen molar-refractivity contribution in [3.63, 3.8) is 0 Å². The minimum Gasteiger partial charge on any atom is -0.459 e. The minimum absolute atomic E-state index is 0. The Morgan fingerprint density at radius 1 is 1.00 bits per heavy atom. The van der Waals surface area contributed by atoms with Crippen molar-refractivity contribution in [1.29, 1.82) is 0 Å². The molecule has 2 radical (unpaired) electrons. The molecule has 1 amide bonds. The van der Waals surface area contributed by atoms with E-state index in [1.165, 1.54) is 6.92 Å². The molecule has 0 unspecified atom stereocenters. The number of nitrogens with one attached hydrogen (secondary N) is 1. The summed E-state index contributed by atoms with van der Waals surface area (Å²) in [7, 11) is 0. The number of aliphatic hydroxyl groups excluding tert-OH is 3. The number of hydrogen-bond acceptors (Lipinski definition) is 12. The predicted molar refractivity (Wildman–Crippen MR) is 173 cm³/mol. The van der Waals surface area contributed by atoms with Crippen LogP contribution in [0.4, 0.5) is 0 Å². The number of ketones is 1. The van der Waals surface area contributed by atoms with Crippen LogP contribution in [-0.2, 0) is 33.4 Å². The Balaban J connectivity index is 0.00000351. The van der Waals surface area contributed by atoms with Crippen molar-refractivity contribution in [3.8, 4) is 0 Å². The van der Waals surface area contributed by atoms with Gasteiger partial charge in [-0.15, -0.1) is 0 Å². The molecule has 3 saturated carbocycles. The van der Waals surface area contributed by atoms with E-state index in [0.29, 0.717) is 12.8 Å².